The van der Waals surface area contributed by atoms with E-state index in [-0.39, 0.29) is 11.5 Å². The lowest BCUT2D eigenvalue weighted by molar-refractivity contribution is -0.385. The van der Waals surface area contributed by atoms with Crippen LogP contribution in [0.1, 0.15) is 18.9 Å². The molecule has 0 saturated carbocycles. The molecule has 0 bridgehead atoms. The van der Waals surface area contributed by atoms with Gasteiger partial charge in [0, 0.05) is 11.8 Å². The molecule has 7 nitrogen and oxygen atoms in total. The van der Waals surface area contributed by atoms with Gasteiger partial charge in [0.15, 0.2) is 0 Å². The molecule has 1 unspecified atom stereocenters. The summed E-state index contributed by atoms with van der Waals surface area (Å²) in [6, 6.07) is 0.436. The van der Waals surface area contributed by atoms with Crippen LogP contribution in [0.3, 0.4) is 0 Å². The van der Waals surface area contributed by atoms with Crippen molar-refractivity contribution in [1.29, 1.82) is 0 Å². The van der Waals surface area contributed by atoms with E-state index in [1.807, 2.05) is 0 Å². The van der Waals surface area contributed by atoms with Gasteiger partial charge in [-0.1, -0.05) is 6.92 Å². The Morgan fingerprint density at radius 1 is 1.71 bits per heavy atom. The second-order valence-electron chi connectivity index (χ2n) is 3.56. The number of carboxylic acid groups (broad SMARTS) is 1. The van der Waals surface area contributed by atoms with Crippen LogP contribution >= 0.6 is 0 Å². The number of carbonyl (C=O) groups is 1. The van der Waals surface area contributed by atoms with E-state index >= 15 is 0 Å². The third-order valence-corrected chi connectivity index (χ3v) is 2.30. The number of rotatable bonds is 5. The van der Waals surface area contributed by atoms with E-state index in [0.717, 1.165) is 0 Å². The number of nitrogens with one attached hydrogen (secondary N) is 1. The number of hydrogen-bond acceptors (Lipinski definition) is 5. The standard InChI is InChI=1S/C10H13N3O4/c1-3-7(10(14)15)12-9-4-8(13(16)17)6(2)5-11-9/h4-5,7H,3H2,1-2H3,(H,11,12)(H,14,15). The Labute approximate surface area is 97.6 Å². The summed E-state index contributed by atoms with van der Waals surface area (Å²) >= 11 is 0. The second kappa shape index (κ2) is 5.24. The fourth-order valence-electron chi connectivity index (χ4n) is 1.31. The number of nitrogens with zero attached hydrogens (tertiary/aromatic N) is 2. The van der Waals surface area contributed by atoms with Crippen LogP contribution in [0.25, 0.3) is 0 Å². The molecule has 1 atom stereocenters. The first-order valence-corrected chi connectivity index (χ1v) is 5.06. The van der Waals surface area contributed by atoms with Gasteiger partial charge in [0.25, 0.3) is 5.69 Å². The predicted molar refractivity (Wildman–Crippen MR) is 61.0 cm³/mol. The van der Waals surface area contributed by atoms with E-state index in [2.05, 4.69) is 10.3 Å². The van der Waals surface area contributed by atoms with Gasteiger partial charge in [-0.3, -0.25) is 10.1 Å². The van der Waals surface area contributed by atoms with Crippen LogP contribution in [-0.2, 0) is 4.79 Å². The van der Waals surface area contributed by atoms with Gasteiger partial charge < -0.3 is 10.4 Å². The molecular formula is C10H13N3O4. The van der Waals surface area contributed by atoms with Crippen molar-refractivity contribution in [3.8, 4) is 0 Å². The summed E-state index contributed by atoms with van der Waals surface area (Å²) in [6.45, 7) is 3.28. The highest BCUT2D eigenvalue weighted by Crippen LogP contribution is 2.20. The van der Waals surface area contributed by atoms with Crippen LogP contribution < -0.4 is 5.32 Å². The van der Waals surface area contributed by atoms with Gasteiger partial charge in [0.05, 0.1) is 11.0 Å². The largest absolute Gasteiger partial charge is 0.480 e. The summed E-state index contributed by atoms with van der Waals surface area (Å²) in [4.78, 5) is 24.9. The smallest absolute Gasteiger partial charge is 0.326 e. The zero-order chi connectivity index (χ0) is 13.0. The van der Waals surface area contributed by atoms with Crippen molar-refractivity contribution in [2.75, 3.05) is 5.32 Å². The zero-order valence-corrected chi connectivity index (χ0v) is 9.51. The molecule has 0 saturated heterocycles. The molecule has 0 amide bonds. The molecule has 1 rings (SSSR count). The topological polar surface area (TPSA) is 105 Å². The molecule has 0 spiro atoms. The average molecular weight is 239 g/mol. The Balaban J connectivity index is 2.96. The maximum atomic E-state index is 10.8. The molecule has 17 heavy (non-hydrogen) atoms. The number of aromatic nitrogens is 1. The van der Waals surface area contributed by atoms with Gasteiger partial charge in [-0.2, -0.15) is 0 Å². The first-order valence-electron chi connectivity index (χ1n) is 5.06. The molecule has 0 fully saturated rings. The highest BCUT2D eigenvalue weighted by atomic mass is 16.6. The lowest BCUT2D eigenvalue weighted by atomic mass is 10.2. The minimum absolute atomic E-state index is 0.0808. The van der Waals surface area contributed by atoms with E-state index < -0.39 is 16.9 Å². The van der Waals surface area contributed by atoms with Crippen molar-refractivity contribution < 1.29 is 14.8 Å². The first kappa shape index (κ1) is 12.9. The zero-order valence-electron chi connectivity index (χ0n) is 9.51. The fourth-order valence-corrected chi connectivity index (χ4v) is 1.31. The molecular weight excluding hydrogens is 226 g/mol. The van der Waals surface area contributed by atoms with Crippen molar-refractivity contribution in [3.63, 3.8) is 0 Å². The maximum Gasteiger partial charge on any atom is 0.326 e. The normalized spacial score (nSPS) is 11.9. The van der Waals surface area contributed by atoms with Crippen LogP contribution in [0.2, 0.25) is 0 Å². The van der Waals surface area contributed by atoms with Crippen LogP contribution in [0.15, 0.2) is 12.3 Å². The van der Waals surface area contributed by atoms with Gasteiger partial charge in [-0.05, 0) is 13.3 Å². The molecule has 1 heterocycles. The van der Waals surface area contributed by atoms with Gasteiger partial charge in [0.1, 0.15) is 11.9 Å². The van der Waals surface area contributed by atoms with Gasteiger partial charge >= 0.3 is 5.97 Å². The van der Waals surface area contributed by atoms with Crippen LogP contribution in [-0.4, -0.2) is 27.0 Å². The minimum Gasteiger partial charge on any atom is -0.480 e. The molecule has 0 aliphatic rings. The van der Waals surface area contributed by atoms with Gasteiger partial charge in [0.2, 0.25) is 0 Å². The summed E-state index contributed by atoms with van der Waals surface area (Å²) in [5, 5.41) is 22.2. The molecule has 7 heteroatoms. The third kappa shape index (κ3) is 3.13. The van der Waals surface area contributed by atoms with Crippen molar-refractivity contribution in [2.24, 2.45) is 0 Å². The van der Waals surface area contributed by atoms with Gasteiger partial charge in [-0.15, -0.1) is 0 Å². The first-order chi connectivity index (χ1) is 7.95. The quantitative estimate of drug-likeness (QED) is 0.596. The molecule has 0 aliphatic heterocycles. The summed E-state index contributed by atoms with van der Waals surface area (Å²) in [5.74, 6) is -0.825. The number of hydrogen-bond donors (Lipinski definition) is 2. The molecule has 2 N–H and O–H groups in total. The SMILES string of the molecule is CCC(Nc1cc([N+](=O)[O-])c(C)cn1)C(=O)O. The number of carboxylic acids is 1. The number of aryl methyl sites for hydroxylation is 1. The number of anilines is 1. The van der Waals surface area contributed by atoms with Crippen LogP contribution in [0, 0.1) is 17.0 Å². The highest BCUT2D eigenvalue weighted by Gasteiger charge is 2.17. The average Bonchev–Trinajstić information content (AvgIpc) is 2.27. The number of nitro groups is 1. The molecule has 1 aromatic heterocycles. The fraction of sp³-hybridized carbons (Fsp3) is 0.400. The third-order valence-electron chi connectivity index (χ3n) is 2.30. The van der Waals surface area contributed by atoms with Gasteiger partial charge in [-0.25, -0.2) is 9.78 Å². The Kier molecular flexibility index (Phi) is 3.97. The monoisotopic (exact) mass is 239 g/mol. The van der Waals surface area contributed by atoms with Crippen LogP contribution in [0.5, 0.6) is 0 Å². The molecule has 0 radical (unpaired) electrons. The Hall–Kier alpha value is -2.18. The molecule has 1 aromatic rings. The number of aliphatic carboxylic acids is 1. The lowest BCUT2D eigenvalue weighted by Gasteiger charge is -2.12. The van der Waals surface area contributed by atoms with E-state index in [0.29, 0.717) is 12.0 Å². The van der Waals surface area contributed by atoms with Crippen molar-refractivity contribution in [3.05, 3.63) is 27.9 Å². The summed E-state index contributed by atoms with van der Waals surface area (Å²) in [6.07, 6.45) is 1.70. The van der Waals surface area contributed by atoms with E-state index in [1.54, 1.807) is 13.8 Å². The molecule has 0 aliphatic carbocycles. The van der Waals surface area contributed by atoms with Crippen molar-refractivity contribution in [1.82, 2.24) is 4.98 Å². The molecule has 92 valence electrons. The van der Waals surface area contributed by atoms with Crippen molar-refractivity contribution >= 4 is 17.5 Å². The Bertz CT molecular complexity index is 447. The second-order valence-corrected chi connectivity index (χ2v) is 3.56. The highest BCUT2D eigenvalue weighted by molar-refractivity contribution is 5.76. The van der Waals surface area contributed by atoms with E-state index in [1.165, 1.54) is 12.3 Å². The Morgan fingerprint density at radius 2 is 2.35 bits per heavy atom. The van der Waals surface area contributed by atoms with Crippen LogP contribution in [0.4, 0.5) is 11.5 Å². The summed E-state index contributed by atoms with van der Waals surface area (Å²) < 4.78 is 0. The lowest BCUT2D eigenvalue weighted by Crippen LogP contribution is -2.28. The summed E-state index contributed by atoms with van der Waals surface area (Å²) in [5.41, 5.74) is 0.353. The number of pyridine rings is 1. The van der Waals surface area contributed by atoms with E-state index in [4.69, 9.17) is 5.11 Å². The molecule has 0 aromatic carbocycles. The van der Waals surface area contributed by atoms with Crippen molar-refractivity contribution in [2.45, 2.75) is 26.3 Å². The Morgan fingerprint density at radius 3 is 2.82 bits per heavy atom. The predicted octanol–water partition coefficient (Wildman–Crippen LogP) is 1.57. The maximum absolute atomic E-state index is 10.8. The van der Waals surface area contributed by atoms with E-state index in [9.17, 15) is 14.9 Å². The summed E-state index contributed by atoms with van der Waals surface area (Å²) in [7, 11) is 0. The minimum atomic E-state index is -1.02.